The first-order valence-electron chi connectivity index (χ1n) is 7.48. The molecule has 22 heavy (non-hydrogen) atoms. The Balaban J connectivity index is 2.63. The average molecular weight is 315 g/mol. The summed E-state index contributed by atoms with van der Waals surface area (Å²) >= 11 is 0. The Hall–Kier alpha value is -1.79. The number of esters is 2. The van der Waals surface area contributed by atoms with Crippen LogP contribution in [-0.4, -0.2) is 43.4 Å². The summed E-state index contributed by atoms with van der Waals surface area (Å²) in [6.45, 7) is 9.15. The number of alkyl carbamates (subject to hydrolysis) is 1. The van der Waals surface area contributed by atoms with Crippen molar-refractivity contribution in [1.29, 1.82) is 0 Å². The van der Waals surface area contributed by atoms with Gasteiger partial charge in [-0.1, -0.05) is 0 Å². The van der Waals surface area contributed by atoms with Crippen molar-refractivity contribution < 1.29 is 28.6 Å². The largest absolute Gasteiger partial charge is 0.465 e. The van der Waals surface area contributed by atoms with Crippen molar-refractivity contribution in [3.05, 3.63) is 0 Å². The first-order valence-corrected chi connectivity index (χ1v) is 7.48. The molecule has 1 rings (SSSR count). The van der Waals surface area contributed by atoms with Gasteiger partial charge >= 0.3 is 18.0 Å². The van der Waals surface area contributed by atoms with Gasteiger partial charge in [-0.05, 0) is 41.0 Å². The zero-order chi connectivity index (χ0) is 17.0. The maximum absolute atomic E-state index is 12.1. The van der Waals surface area contributed by atoms with E-state index in [2.05, 4.69) is 5.32 Å². The fourth-order valence-electron chi connectivity index (χ4n) is 2.20. The van der Waals surface area contributed by atoms with E-state index in [1.165, 1.54) is 0 Å². The summed E-state index contributed by atoms with van der Waals surface area (Å²) in [6, 6.07) is 0. The van der Waals surface area contributed by atoms with Crippen LogP contribution in [-0.2, 0) is 23.8 Å². The highest BCUT2D eigenvalue weighted by molar-refractivity contribution is 6.04. The topological polar surface area (TPSA) is 90.9 Å². The molecule has 0 bridgehead atoms. The zero-order valence-electron chi connectivity index (χ0n) is 13.9. The van der Waals surface area contributed by atoms with Gasteiger partial charge < -0.3 is 19.5 Å². The molecular weight excluding hydrogens is 290 g/mol. The molecular formula is C15H25NO6. The molecule has 1 aliphatic rings. The van der Waals surface area contributed by atoms with Crippen molar-refractivity contribution in [1.82, 2.24) is 5.32 Å². The maximum Gasteiger partial charge on any atom is 0.407 e. The molecule has 0 heterocycles. The summed E-state index contributed by atoms with van der Waals surface area (Å²) < 4.78 is 15.1. The first kappa shape index (κ1) is 18.3. The molecule has 126 valence electrons. The first-order chi connectivity index (χ1) is 10.2. The number of carbonyl (C=O) groups excluding carboxylic acids is 3. The Morgan fingerprint density at radius 3 is 2.00 bits per heavy atom. The van der Waals surface area contributed by atoms with E-state index in [1.807, 2.05) is 0 Å². The fourth-order valence-corrected chi connectivity index (χ4v) is 2.20. The third kappa shape index (κ3) is 4.35. The molecule has 7 heteroatoms. The standard InChI is InChI=1S/C15H25NO6/c1-6-20-11(17)15(12(18)21-7-2)8-10(15)9-16-13(19)22-14(3,4)5/h10H,6-9H2,1-5H3,(H,16,19)/t10-/m1/s1. The smallest absolute Gasteiger partial charge is 0.407 e. The molecule has 0 radical (unpaired) electrons. The van der Waals surface area contributed by atoms with Crippen molar-refractivity contribution in [3.8, 4) is 0 Å². The summed E-state index contributed by atoms with van der Waals surface area (Å²) in [7, 11) is 0. The quantitative estimate of drug-likeness (QED) is 0.455. The highest BCUT2D eigenvalue weighted by atomic mass is 16.6. The second-order valence-corrected chi connectivity index (χ2v) is 6.20. The van der Waals surface area contributed by atoms with E-state index >= 15 is 0 Å². The Labute approximate surface area is 130 Å². The summed E-state index contributed by atoms with van der Waals surface area (Å²) in [4.78, 5) is 35.7. The Morgan fingerprint density at radius 2 is 1.59 bits per heavy atom. The van der Waals surface area contributed by atoms with E-state index < -0.39 is 29.0 Å². The number of carbonyl (C=O) groups is 3. The molecule has 0 saturated heterocycles. The van der Waals surface area contributed by atoms with Crippen molar-refractivity contribution in [2.24, 2.45) is 11.3 Å². The van der Waals surface area contributed by atoms with E-state index in [1.54, 1.807) is 34.6 Å². The molecule has 0 aromatic heterocycles. The van der Waals surface area contributed by atoms with Crippen molar-refractivity contribution in [3.63, 3.8) is 0 Å². The van der Waals surface area contributed by atoms with E-state index in [9.17, 15) is 14.4 Å². The number of nitrogens with one attached hydrogen (secondary N) is 1. The lowest BCUT2D eigenvalue weighted by molar-refractivity contribution is -0.165. The third-order valence-electron chi connectivity index (χ3n) is 3.28. The van der Waals surface area contributed by atoms with E-state index in [0.29, 0.717) is 6.42 Å². The lowest BCUT2D eigenvalue weighted by Crippen LogP contribution is -2.37. The van der Waals surface area contributed by atoms with Crippen molar-refractivity contribution >= 4 is 18.0 Å². The van der Waals surface area contributed by atoms with Crippen molar-refractivity contribution in [2.75, 3.05) is 19.8 Å². The highest BCUT2D eigenvalue weighted by Gasteiger charge is 2.68. The van der Waals surface area contributed by atoms with Crippen LogP contribution < -0.4 is 5.32 Å². The van der Waals surface area contributed by atoms with Crippen LogP contribution >= 0.6 is 0 Å². The Kier molecular flexibility index (Phi) is 5.79. The van der Waals surface area contributed by atoms with Crippen LogP contribution in [0, 0.1) is 11.3 Å². The summed E-state index contributed by atoms with van der Waals surface area (Å²) in [5.41, 5.74) is -1.89. The number of rotatable bonds is 6. The SMILES string of the molecule is CCOC(=O)C1(C(=O)OCC)C[C@@H]1CNC(=O)OC(C)(C)C. The van der Waals surface area contributed by atoms with Gasteiger partial charge in [-0.3, -0.25) is 9.59 Å². The van der Waals surface area contributed by atoms with Crippen LogP contribution in [0.2, 0.25) is 0 Å². The van der Waals surface area contributed by atoms with Gasteiger partial charge in [-0.15, -0.1) is 0 Å². The molecule has 0 aromatic carbocycles. The average Bonchev–Trinajstić information content (AvgIpc) is 3.11. The molecule has 0 spiro atoms. The summed E-state index contributed by atoms with van der Waals surface area (Å²) in [6.07, 6.45) is -0.276. The number of ether oxygens (including phenoxy) is 3. The van der Waals surface area contributed by atoms with E-state index in [4.69, 9.17) is 14.2 Å². The van der Waals surface area contributed by atoms with Gasteiger partial charge in [0.2, 0.25) is 0 Å². The molecule has 1 amide bonds. The Morgan fingerprint density at radius 1 is 1.09 bits per heavy atom. The summed E-state index contributed by atoms with van der Waals surface area (Å²) in [5, 5.41) is 2.57. The second kappa shape index (κ2) is 6.98. The van der Waals surface area contributed by atoms with Crippen LogP contribution in [0.4, 0.5) is 4.79 Å². The van der Waals surface area contributed by atoms with Crippen LogP contribution in [0.3, 0.4) is 0 Å². The van der Waals surface area contributed by atoms with Gasteiger partial charge in [0.25, 0.3) is 0 Å². The lowest BCUT2D eigenvalue weighted by atomic mass is 10.0. The zero-order valence-corrected chi connectivity index (χ0v) is 13.9. The van der Waals surface area contributed by atoms with Gasteiger partial charge in [-0.25, -0.2) is 4.79 Å². The molecule has 1 aliphatic carbocycles. The molecule has 0 aliphatic heterocycles. The normalized spacial score (nSPS) is 19.0. The minimum Gasteiger partial charge on any atom is -0.465 e. The predicted molar refractivity (Wildman–Crippen MR) is 78.0 cm³/mol. The van der Waals surface area contributed by atoms with Gasteiger partial charge in [-0.2, -0.15) is 0 Å². The molecule has 1 atom stereocenters. The van der Waals surface area contributed by atoms with Crippen molar-refractivity contribution in [2.45, 2.75) is 46.6 Å². The molecule has 7 nitrogen and oxygen atoms in total. The van der Waals surface area contributed by atoms with E-state index in [0.717, 1.165) is 0 Å². The molecule has 1 fully saturated rings. The number of hydrogen-bond acceptors (Lipinski definition) is 6. The van der Waals surface area contributed by atoms with Crippen LogP contribution in [0.5, 0.6) is 0 Å². The second-order valence-electron chi connectivity index (χ2n) is 6.20. The highest BCUT2D eigenvalue weighted by Crippen LogP contribution is 2.54. The van der Waals surface area contributed by atoms with Gasteiger partial charge in [0, 0.05) is 12.5 Å². The molecule has 1 N–H and O–H groups in total. The minimum atomic E-state index is -1.29. The lowest BCUT2D eigenvalue weighted by Gasteiger charge is -2.20. The Bertz CT molecular complexity index is 422. The number of hydrogen-bond donors (Lipinski definition) is 1. The van der Waals surface area contributed by atoms with Crippen LogP contribution in [0.1, 0.15) is 41.0 Å². The van der Waals surface area contributed by atoms with E-state index in [-0.39, 0.29) is 25.7 Å². The van der Waals surface area contributed by atoms with Gasteiger partial charge in [0.05, 0.1) is 13.2 Å². The van der Waals surface area contributed by atoms with Gasteiger partial charge in [0.15, 0.2) is 5.41 Å². The minimum absolute atomic E-state index is 0.159. The predicted octanol–water partition coefficient (Wildman–Crippen LogP) is 1.64. The monoisotopic (exact) mass is 315 g/mol. The molecule has 1 saturated carbocycles. The fraction of sp³-hybridized carbons (Fsp3) is 0.800. The summed E-state index contributed by atoms with van der Waals surface area (Å²) in [5.74, 6) is -1.52. The molecule has 0 unspecified atom stereocenters. The van der Waals surface area contributed by atoms with Gasteiger partial charge in [0.1, 0.15) is 5.60 Å². The number of amides is 1. The van der Waals surface area contributed by atoms with Crippen LogP contribution in [0.15, 0.2) is 0 Å². The van der Waals surface area contributed by atoms with Crippen LogP contribution in [0.25, 0.3) is 0 Å². The third-order valence-corrected chi connectivity index (χ3v) is 3.28. The molecule has 0 aromatic rings. The maximum atomic E-state index is 12.1.